The summed E-state index contributed by atoms with van der Waals surface area (Å²) in [4.78, 5) is 26.9. The van der Waals surface area contributed by atoms with Crippen LogP contribution in [0.25, 0.3) is 0 Å². The van der Waals surface area contributed by atoms with Crippen LogP contribution in [0.2, 0.25) is 5.02 Å². The molecule has 0 aromatic heterocycles. The topological polar surface area (TPSA) is 67.9 Å². The van der Waals surface area contributed by atoms with Gasteiger partial charge in [0.25, 0.3) is 5.91 Å². The van der Waals surface area contributed by atoms with E-state index < -0.39 is 6.04 Å². The summed E-state index contributed by atoms with van der Waals surface area (Å²) in [5.41, 5.74) is 1.73. The van der Waals surface area contributed by atoms with Crippen molar-refractivity contribution in [3.05, 3.63) is 58.6 Å². The first-order chi connectivity index (χ1) is 13.9. The molecule has 0 radical (unpaired) electrons. The molecule has 1 atom stereocenters. The fourth-order valence-corrected chi connectivity index (χ4v) is 3.11. The number of rotatable bonds is 9. The van der Waals surface area contributed by atoms with Crippen LogP contribution in [0.3, 0.4) is 0 Å². The number of ether oxygens (including phenoxy) is 2. The molecule has 0 saturated carbocycles. The molecule has 0 spiro atoms. The second kappa shape index (κ2) is 10.7. The molecule has 2 amide bonds. The van der Waals surface area contributed by atoms with E-state index in [1.54, 1.807) is 32.4 Å². The normalized spacial score (nSPS) is 11.5. The Morgan fingerprint density at radius 3 is 2.55 bits per heavy atom. The third kappa shape index (κ3) is 6.12. The number of methoxy groups -OCH3 is 1. The Bertz CT molecular complexity index is 856. The second-order valence-electron chi connectivity index (χ2n) is 6.61. The maximum Gasteiger partial charge on any atom is 0.261 e. The van der Waals surface area contributed by atoms with E-state index in [-0.39, 0.29) is 25.0 Å². The van der Waals surface area contributed by atoms with Gasteiger partial charge in [0.1, 0.15) is 17.5 Å². The molecule has 1 N–H and O–H groups in total. The predicted octanol–water partition coefficient (Wildman–Crippen LogP) is 3.59. The van der Waals surface area contributed by atoms with Gasteiger partial charge in [0.05, 0.1) is 7.11 Å². The van der Waals surface area contributed by atoms with Crippen LogP contribution in [0.1, 0.15) is 24.5 Å². The molecule has 0 aliphatic heterocycles. The van der Waals surface area contributed by atoms with Gasteiger partial charge < -0.3 is 19.7 Å². The molecule has 2 aromatic carbocycles. The van der Waals surface area contributed by atoms with Gasteiger partial charge in [-0.15, -0.1) is 0 Å². The Labute approximate surface area is 176 Å². The summed E-state index contributed by atoms with van der Waals surface area (Å²) in [6.45, 7) is 3.82. The summed E-state index contributed by atoms with van der Waals surface area (Å²) in [5, 5.41) is 3.27. The zero-order valence-corrected chi connectivity index (χ0v) is 18.0. The fourth-order valence-electron chi connectivity index (χ4n) is 2.99. The van der Waals surface area contributed by atoms with Crippen molar-refractivity contribution in [1.29, 1.82) is 0 Å². The highest BCUT2D eigenvalue weighted by molar-refractivity contribution is 6.31. The van der Waals surface area contributed by atoms with E-state index in [9.17, 15) is 9.59 Å². The molecule has 6 nitrogen and oxygen atoms in total. The largest absolute Gasteiger partial charge is 0.497 e. The van der Waals surface area contributed by atoms with Gasteiger partial charge in [-0.25, -0.2) is 0 Å². The lowest BCUT2D eigenvalue weighted by Gasteiger charge is -2.30. The maximum atomic E-state index is 13.0. The number of nitrogens with one attached hydrogen (secondary N) is 1. The molecule has 0 saturated heterocycles. The number of likely N-dealkylation sites (N-methyl/N-ethyl adjacent to an activating group) is 1. The first-order valence-corrected chi connectivity index (χ1v) is 9.80. The lowest BCUT2D eigenvalue weighted by molar-refractivity contribution is -0.142. The summed E-state index contributed by atoms with van der Waals surface area (Å²) in [6, 6.07) is 12.0. The van der Waals surface area contributed by atoms with Gasteiger partial charge in [0, 0.05) is 18.6 Å². The molecule has 0 fully saturated rings. The van der Waals surface area contributed by atoms with Crippen LogP contribution in [0.4, 0.5) is 0 Å². The van der Waals surface area contributed by atoms with Crippen LogP contribution in [0, 0.1) is 6.92 Å². The maximum absolute atomic E-state index is 13.0. The van der Waals surface area contributed by atoms with Crippen LogP contribution in [-0.4, -0.2) is 43.5 Å². The van der Waals surface area contributed by atoms with Crippen molar-refractivity contribution in [1.82, 2.24) is 10.2 Å². The number of hydrogen-bond donors (Lipinski definition) is 1. The Morgan fingerprint density at radius 1 is 1.17 bits per heavy atom. The number of amides is 2. The lowest BCUT2D eigenvalue weighted by Crippen LogP contribution is -2.49. The van der Waals surface area contributed by atoms with E-state index in [0.29, 0.717) is 22.9 Å². The van der Waals surface area contributed by atoms with Gasteiger partial charge >= 0.3 is 0 Å². The van der Waals surface area contributed by atoms with Crippen molar-refractivity contribution in [2.24, 2.45) is 0 Å². The molecular weight excluding hydrogens is 392 g/mol. The Balaban J connectivity index is 2.21. The van der Waals surface area contributed by atoms with Crippen molar-refractivity contribution >= 4 is 23.4 Å². The van der Waals surface area contributed by atoms with E-state index >= 15 is 0 Å². The first kappa shape index (κ1) is 22.6. The first-order valence-electron chi connectivity index (χ1n) is 9.42. The SMILES string of the molecule is CC[C@H](C(=O)NC)N(Cc1cccc(OC)c1)C(=O)COc1ccc(Cl)c(C)c1. The summed E-state index contributed by atoms with van der Waals surface area (Å²) in [7, 11) is 3.15. The van der Waals surface area contributed by atoms with Gasteiger partial charge in [-0.05, 0) is 54.8 Å². The Kier molecular flexibility index (Phi) is 8.34. The van der Waals surface area contributed by atoms with Crippen LogP contribution in [0.5, 0.6) is 11.5 Å². The zero-order valence-electron chi connectivity index (χ0n) is 17.2. The minimum absolute atomic E-state index is 0.182. The van der Waals surface area contributed by atoms with Crippen LogP contribution >= 0.6 is 11.6 Å². The minimum Gasteiger partial charge on any atom is -0.497 e. The average Bonchev–Trinajstić information content (AvgIpc) is 2.74. The Morgan fingerprint density at radius 2 is 1.93 bits per heavy atom. The summed E-state index contributed by atoms with van der Waals surface area (Å²) < 4.78 is 10.9. The molecule has 2 aromatic rings. The van der Waals surface area contributed by atoms with E-state index in [4.69, 9.17) is 21.1 Å². The van der Waals surface area contributed by atoms with Crippen molar-refractivity contribution in [2.75, 3.05) is 20.8 Å². The number of benzene rings is 2. The molecule has 7 heteroatoms. The number of carbonyl (C=O) groups excluding carboxylic acids is 2. The molecule has 0 aliphatic rings. The Hall–Kier alpha value is -2.73. The van der Waals surface area contributed by atoms with Gasteiger partial charge in [-0.1, -0.05) is 30.7 Å². The molecule has 156 valence electrons. The van der Waals surface area contributed by atoms with Crippen LogP contribution in [0.15, 0.2) is 42.5 Å². The highest BCUT2D eigenvalue weighted by atomic mass is 35.5. The van der Waals surface area contributed by atoms with E-state index in [1.165, 1.54) is 4.90 Å². The summed E-state index contributed by atoms with van der Waals surface area (Å²) in [5.74, 6) is 0.743. The van der Waals surface area contributed by atoms with Gasteiger partial charge in [0.2, 0.25) is 5.91 Å². The number of carbonyl (C=O) groups is 2. The molecule has 0 unspecified atom stereocenters. The quantitative estimate of drug-likeness (QED) is 0.675. The molecule has 2 rings (SSSR count). The van der Waals surface area contributed by atoms with E-state index in [1.807, 2.05) is 38.1 Å². The lowest BCUT2D eigenvalue weighted by atomic mass is 10.1. The molecule has 0 bridgehead atoms. The molecule has 0 aliphatic carbocycles. The number of nitrogens with zero attached hydrogens (tertiary/aromatic N) is 1. The summed E-state index contributed by atoms with van der Waals surface area (Å²) in [6.07, 6.45) is 0.482. The van der Waals surface area contributed by atoms with Crippen molar-refractivity contribution < 1.29 is 19.1 Å². The highest BCUT2D eigenvalue weighted by Gasteiger charge is 2.28. The fraction of sp³-hybridized carbons (Fsp3) is 0.364. The van der Waals surface area contributed by atoms with Crippen molar-refractivity contribution in [3.63, 3.8) is 0 Å². The van der Waals surface area contributed by atoms with Crippen LogP contribution < -0.4 is 14.8 Å². The molecular formula is C22H27ClN2O4. The number of aryl methyl sites for hydroxylation is 1. The smallest absolute Gasteiger partial charge is 0.261 e. The third-order valence-corrected chi connectivity index (χ3v) is 5.04. The second-order valence-corrected chi connectivity index (χ2v) is 7.02. The van der Waals surface area contributed by atoms with Crippen molar-refractivity contribution in [3.8, 4) is 11.5 Å². The molecule has 0 heterocycles. The third-order valence-electron chi connectivity index (χ3n) is 4.61. The molecule has 29 heavy (non-hydrogen) atoms. The standard InChI is InChI=1S/C22H27ClN2O4/c1-5-20(22(27)24-3)25(13-16-7-6-8-17(12-16)28-4)21(26)14-29-18-9-10-19(23)15(2)11-18/h6-12,20H,5,13-14H2,1-4H3,(H,24,27)/t20-/m1/s1. The van der Waals surface area contributed by atoms with Gasteiger partial charge in [-0.2, -0.15) is 0 Å². The van der Waals surface area contributed by atoms with Gasteiger partial charge in [-0.3, -0.25) is 9.59 Å². The highest BCUT2D eigenvalue weighted by Crippen LogP contribution is 2.22. The van der Waals surface area contributed by atoms with E-state index in [0.717, 1.165) is 11.1 Å². The van der Waals surface area contributed by atoms with Gasteiger partial charge in [0.15, 0.2) is 6.61 Å². The minimum atomic E-state index is -0.603. The van der Waals surface area contributed by atoms with E-state index in [2.05, 4.69) is 5.32 Å². The monoisotopic (exact) mass is 418 g/mol. The summed E-state index contributed by atoms with van der Waals surface area (Å²) >= 11 is 6.03. The average molecular weight is 419 g/mol. The number of hydrogen-bond acceptors (Lipinski definition) is 4. The van der Waals surface area contributed by atoms with Crippen LogP contribution in [-0.2, 0) is 16.1 Å². The van der Waals surface area contributed by atoms with Crippen molar-refractivity contribution in [2.45, 2.75) is 32.9 Å². The zero-order chi connectivity index (χ0) is 21.4. The predicted molar refractivity (Wildman–Crippen MR) is 113 cm³/mol. The number of halogens is 1.